The van der Waals surface area contributed by atoms with Gasteiger partial charge in [-0.15, -0.1) is 0 Å². The molecule has 4 heteroatoms. The Balaban J connectivity index is 2.05. The second kappa shape index (κ2) is 6.48. The molecule has 0 saturated heterocycles. The molecular formula is C17H26N2O2. The van der Waals surface area contributed by atoms with Gasteiger partial charge in [0, 0.05) is 12.5 Å². The zero-order valence-electron chi connectivity index (χ0n) is 13.2. The Hall–Kier alpha value is -1.55. The molecule has 0 aromatic heterocycles. The first-order chi connectivity index (χ1) is 9.95. The van der Waals surface area contributed by atoms with Crippen molar-refractivity contribution >= 4 is 5.91 Å². The van der Waals surface area contributed by atoms with Crippen LogP contribution in [-0.4, -0.2) is 23.6 Å². The van der Waals surface area contributed by atoms with Gasteiger partial charge in [0.2, 0.25) is 5.91 Å². The molecule has 4 nitrogen and oxygen atoms in total. The summed E-state index contributed by atoms with van der Waals surface area (Å²) in [4.78, 5) is 11.9. The van der Waals surface area contributed by atoms with E-state index in [-0.39, 0.29) is 18.1 Å². The van der Waals surface area contributed by atoms with Crippen LogP contribution in [0.25, 0.3) is 0 Å². The van der Waals surface area contributed by atoms with E-state index in [0.29, 0.717) is 6.42 Å². The topological polar surface area (TPSA) is 64.3 Å². The SMILES string of the molecule is CCc1cccc(OC2CCC(NC(C)C)(C(N)=O)C2)c1. The van der Waals surface area contributed by atoms with Crippen molar-refractivity contribution in [1.82, 2.24) is 5.32 Å². The van der Waals surface area contributed by atoms with Crippen molar-refractivity contribution in [2.75, 3.05) is 0 Å². The molecule has 3 N–H and O–H groups in total. The number of amides is 1. The predicted octanol–water partition coefficient (Wildman–Crippen LogP) is 2.40. The minimum Gasteiger partial charge on any atom is -0.490 e. The number of ether oxygens (including phenoxy) is 1. The van der Waals surface area contributed by atoms with E-state index in [0.717, 1.165) is 25.0 Å². The smallest absolute Gasteiger partial charge is 0.237 e. The molecule has 2 unspecified atom stereocenters. The highest BCUT2D eigenvalue weighted by Gasteiger charge is 2.45. The lowest BCUT2D eigenvalue weighted by Crippen LogP contribution is -2.56. The van der Waals surface area contributed by atoms with E-state index in [1.165, 1.54) is 5.56 Å². The van der Waals surface area contributed by atoms with Crippen molar-refractivity contribution in [1.29, 1.82) is 0 Å². The molecule has 2 rings (SSSR count). The van der Waals surface area contributed by atoms with Gasteiger partial charge in [0.25, 0.3) is 0 Å². The minimum atomic E-state index is -0.624. The number of hydrogen-bond donors (Lipinski definition) is 2. The van der Waals surface area contributed by atoms with Crippen molar-refractivity contribution in [3.05, 3.63) is 29.8 Å². The van der Waals surface area contributed by atoms with E-state index in [1.807, 2.05) is 26.0 Å². The standard InChI is InChI=1S/C17H26N2O2/c1-4-13-6-5-7-14(10-13)21-15-8-9-17(11-15,16(18)20)19-12(2)3/h5-7,10,12,15,19H,4,8-9,11H2,1-3H3,(H2,18,20). The van der Waals surface area contributed by atoms with Crippen LogP contribution in [0, 0.1) is 0 Å². The van der Waals surface area contributed by atoms with Crippen molar-refractivity contribution < 1.29 is 9.53 Å². The van der Waals surface area contributed by atoms with Gasteiger partial charge in [-0.05, 0) is 50.8 Å². The highest BCUT2D eigenvalue weighted by molar-refractivity contribution is 5.85. The second-order valence-electron chi connectivity index (χ2n) is 6.23. The third kappa shape index (κ3) is 3.76. The number of hydrogen-bond acceptors (Lipinski definition) is 3. The quantitative estimate of drug-likeness (QED) is 0.845. The molecule has 1 aliphatic rings. The van der Waals surface area contributed by atoms with E-state index in [2.05, 4.69) is 24.4 Å². The molecular weight excluding hydrogens is 264 g/mol. The maximum absolute atomic E-state index is 11.9. The highest BCUT2D eigenvalue weighted by atomic mass is 16.5. The molecule has 1 aromatic rings. The van der Waals surface area contributed by atoms with Crippen LogP contribution in [0.1, 0.15) is 45.6 Å². The molecule has 1 amide bonds. The average Bonchev–Trinajstić information content (AvgIpc) is 2.82. The summed E-state index contributed by atoms with van der Waals surface area (Å²) in [5, 5.41) is 3.34. The summed E-state index contributed by atoms with van der Waals surface area (Å²) in [6.07, 6.45) is 3.24. The Bertz CT molecular complexity index is 501. The second-order valence-corrected chi connectivity index (χ2v) is 6.23. The van der Waals surface area contributed by atoms with Gasteiger partial charge in [-0.3, -0.25) is 4.79 Å². The van der Waals surface area contributed by atoms with Gasteiger partial charge in [0.15, 0.2) is 0 Å². The summed E-state index contributed by atoms with van der Waals surface area (Å²) in [5.41, 5.74) is 6.26. The van der Waals surface area contributed by atoms with E-state index in [4.69, 9.17) is 10.5 Å². The molecule has 116 valence electrons. The van der Waals surface area contributed by atoms with Crippen LogP contribution in [0.5, 0.6) is 5.75 Å². The molecule has 1 aliphatic carbocycles. The normalized spacial score (nSPS) is 25.2. The summed E-state index contributed by atoms with van der Waals surface area (Å²) in [6.45, 7) is 6.19. The number of carbonyl (C=O) groups excluding carboxylic acids is 1. The van der Waals surface area contributed by atoms with Crippen molar-refractivity contribution in [2.24, 2.45) is 5.73 Å². The van der Waals surface area contributed by atoms with Gasteiger partial charge in [-0.2, -0.15) is 0 Å². The molecule has 0 heterocycles. The molecule has 21 heavy (non-hydrogen) atoms. The fourth-order valence-electron chi connectivity index (χ4n) is 3.11. The maximum Gasteiger partial charge on any atom is 0.237 e. The third-order valence-electron chi connectivity index (χ3n) is 4.12. The van der Waals surface area contributed by atoms with Gasteiger partial charge in [-0.25, -0.2) is 0 Å². The third-order valence-corrected chi connectivity index (χ3v) is 4.12. The number of benzene rings is 1. The summed E-state index contributed by atoms with van der Waals surface area (Å²) in [5.74, 6) is 0.605. The number of nitrogens with one attached hydrogen (secondary N) is 1. The Morgan fingerprint density at radius 1 is 1.52 bits per heavy atom. The summed E-state index contributed by atoms with van der Waals surface area (Å²) in [6, 6.07) is 8.37. The molecule has 0 aliphatic heterocycles. The van der Waals surface area contributed by atoms with Gasteiger partial charge in [-0.1, -0.05) is 19.1 Å². The van der Waals surface area contributed by atoms with E-state index < -0.39 is 5.54 Å². The number of aryl methyl sites for hydroxylation is 1. The predicted molar refractivity (Wildman–Crippen MR) is 84.3 cm³/mol. The van der Waals surface area contributed by atoms with Crippen LogP contribution in [0.15, 0.2) is 24.3 Å². The maximum atomic E-state index is 11.9. The monoisotopic (exact) mass is 290 g/mol. The largest absolute Gasteiger partial charge is 0.490 e. The van der Waals surface area contributed by atoms with Crippen molar-refractivity contribution in [3.8, 4) is 5.75 Å². The van der Waals surface area contributed by atoms with Crippen LogP contribution >= 0.6 is 0 Å². The van der Waals surface area contributed by atoms with Crippen LogP contribution in [0.3, 0.4) is 0 Å². The zero-order valence-corrected chi connectivity index (χ0v) is 13.2. The molecule has 1 fully saturated rings. The first-order valence-corrected chi connectivity index (χ1v) is 7.78. The molecule has 0 bridgehead atoms. The average molecular weight is 290 g/mol. The minimum absolute atomic E-state index is 0.0378. The first kappa shape index (κ1) is 15.8. The number of primary amides is 1. The zero-order chi connectivity index (χ0) is 15.5. The highest BCUT2D eigenvalue weighted by Crippen LogP contribution is 2.33. The Morgan fingerprint density at radius 2 is 2.29 bits per heavy atom. The van der Waals surface area contributed by atoms with Crippen molar-refractivity contribution in [3.63, 3.8) is 0 Å². The fraction of sp³-hybridized carbons (Fsp3) is 0.588. The van der Waals surface area contributed by atoms with Crippen LogP contribution in [-0.2, 0) is 11.2 Å². The summed E-state index contributed by atoms with van der Waals surface area (Å²) >= 11 is 0. The van der Waals surface area contributed by atoms with Gasteiger partial charge < -0.3 is 15.8 Å². The first-order valence-electron chi connectivity index (χ1n) is 7.78. The van der Waals surface area contributed by atoms with E-state index in [1.54, 1.807) is 0 Å². The lowest BCUT2D eigenvalue weighted by atomic mass is 9.95. The van der Waals surface area contributed by atoms with Crippen LogP contribution in [0.4, 0.5) is 0 Å². The fourth-order valence-corrected chi connectivity index (χ4v) is 3.11. The Kier molecular flexibility index (Phi) is 4.88. The summed E-state index contributed by atoms with van der Waals surface area (Å²) < 4.78 is 6.06. The van der Waals surface area contributed by atoms with Crippen LogP contribution in [0.2, 0.25) is 0 Å². The van der Waals surface area contributed by atoms with Crippen LogP contribution < -0.4 is 15.8 Å². The van der Waals surface area contributed by atoms with Gasteiger partial charge in [0.1, 0.15) is 17.4 Å². The number of rotatable bonds is 6. The van der Waals surface area contributed by atoms with Gasteiger partial charge >= 0.3 is 0 Å². The molecule has 2 atom stereocenters. The Morgan fingerprint density at radius 3 is 2.90 bits per heavy atom. The molecule has 0 spiro atoms. The number of nitrogens with two attached hydrogens (primary N) is 1. The lowest BCUT2D eigenvalue weighted by Gasteiger charge is -2.29. The number of carbonyl (C=O) groups is 1. The molecule has 1 aromatic carbocycles. The van der Waals surface area contributed by atoms with E-state index >= 15 is 0 Å². The van der Waals surface area contributed by atoms with Gasteiger partial charge in [0.05, 0.1) is 0 Å². The molecule has 1 saturated carbocycles. The molecule has 0 radical (unpaired) electrons. The lowest BCUT2D eigenvalue weighted by molar-refractivity contribution is -0.124. The van der Waals surface area contributed by atoms with Crippen molar-refractivity contribution in [2.45, 2.75) is 64.1 Å². The Labute approximate surface area is 127 Å². The van der Waals surface area contributed by atoms with E-state index in [9.17, 15) is 4.79 Å². The summed E-state index contributed by atoms with van der Waals surface area (Å²) in [7, 11) is 0.